The van der Waals surface area contributed by atoms with Gasteiger partial charge in [-0.1, -0.05) is 62.6 Å². The van der Waals surface area contributed by atoms with Crippen LogP contribution in [0.2, 0.25) is 0 Å². The molecule has 0 aliphatic heterocycles. The molecule has 2 rings (SSSR count). The van der Waals surface area contributed by atoms with Gasteiger partial charge in [-0.05, 0) is 49.8 Å². The summed E-state index contributed by atoms with van der Waals surface area (Å²) >= 11 is 0. The van der Waals surface area contributed by atoms with Gasteiger partial charge in [0, 0.05) is 17.2 Å². The first-order valence-corrected chi connectivity index (χ1v) is 9.66. The van der Waals surface area contributed by atoms with Crippen LogP contribution in [-0.2, 0) is 4.79 Å². The minimum absolute atomic E-state index is 0.0362. The van der Waals surface area contributed by atoms with Gasteiger partial charge >= 0.3 is 0 Å². The van der Waals surface area contributed by atoms with Crippen molar-refractivity contribution in [1.82, 2.24) is 5.32 Å². The number of para-hydroxylation sites is 1. The maximum atomic E-state index is 12.6. The van der Waals surface area contributed by atoms with Crippen molar-refractivity contribution >= 4 is 5.91 Å². The van der Waals surface area contributed by atoms with Crippen molar-refractivity contribution in [1.29, 1.82) is 0 Å². The van der Waals surface area contributed by atoms with Crippen LogP contribution in [0.4, 0.5) is 0 Å². The van der Waals surface area contributed by atoms with Crippen LogP contribution in [0, 0.1) is 17.8 Å². The fourth-order valence-corrected chi connectivity index (χ4v) is 2.62. The first kappa shape index (κ1) is 20.6. The number of benzene rings is 1. The molecule has 1 aliphatic rings. The molecule has 0 spiro atoms. The lowest BCUT2D eigenvalue weighted by Crippen LogP contribution is -2.41. The van der Waals surface area contributed by atoms with E-state index in [0.717, 1.165) is 36.2 Å². The van der Waals surface area contributed by atoms with Crippen LogP contribution in [0.15, 0.2) is 66.3 Å². The van der Waals surface area contributed by atoms with Crippen molar-refractivity contribution in [3.8, 4) is 17.6 Å². The standard InChI is InChI=1S/C24H29NO2/c1-4-19(3)23(24(26)25-21-12-9-13-21)17-16-20(5-2)11-10-18-27-22-14-7-6-8-15-22/h5-8,14-17,19,21H,2,4,9,12-13,18H2,1,3H3,(H,25,26). The lowest BCUT2D eigenvalue weighted by atomic mass is 9.91. The molecule has 1 amide bonds. The number of hydrogen-bond acceptors (Lipinski definition) is 2. The van der Waals surface area contributed by atoms with Gasteiger partial charge in [-0.3, -0.25) is 4.79 Å². The molecule has 1 unspecified atom stereocenters. The number of hydrogen-bond donors (Lipinski definition) is 1. The van der Waals surface area contributed by atoms with E-state index < -0.39 is 0 Å². The summed E-state index contributed by atoms with van der Waals surface area (Å²) in [4.78, 5) is 12.6. The van der Waals surface area contributed by atoms with Crippen LogP contribution in [0.5, 0.6) is 5.75 Å². The van der Waals surface area contributed by atoms with Crippen molar-refractivity contribution in [3.05, 3.63) is 66.3 Å². The van der Waals surface area contributed by atoms with Crippen molar-refractivity contribution in [2.45, 2.75) is 45.6 Å². The maximum absolute atomic E-state index is 12.6. The highest BCUT2D eigenvalue weighted by molar-refractivity contribution is 5.94. The summed E-state index contributed by atoms with van der Waals surface area (Å²) in [5, 5.41) is 3.13. The molecule has 27 heavy (non-hydrogen) atoms. The number of rotatable bonds is 8. The topological polar surface area (TPSA) is 38.3 Å². The average Bonchev–Trinajstić information content (AvgIpc) is 2.67. The largest absolute Gasteiger partial charge is 0.481 e. The van der Waals surface area contributed by atoms with Crippen LogP contribution in [0.1, 0.15) is 39.5 Å². The summed E-state index contributed by atoms with van der Waals surface area (Å²) in [5.41, 5.74) is 1.56. The summed E-state index contributed by atoms with van der Waals surface area (Å²) in [7, 11) is 0. The third-order valence-electron chi connectivity index (χ3n) is 4.80. The maximum Gasteiger partial charge on any atom is 0.247 e. The number of ether oxygens (including phenoxy) is 1. The van der Waals surface area contributed by atoms with E-state index in [0.29, 0.717) is 12.6 Å². The molecule has 1 saturated carbocycles. The molecule has 0 bridgehead atoms. The van der Waals surface area contributed by atoms with Gasteiger partial charge in [-0.25, -0.2) is 0 Å². The van der Waals surface area contributed by atoms with E-state index in [-0.39, 0.29) is 11.8 Å². The SMILES string of the molecule is C=CC(C#CCOc1ccccc1)=CC=C(C(=O)NC1CCC1)C(C)CC. The minimum Gasteiger partial charge on any atom is -0.481 e. The predicted octanol–water partition coefficient (Wildman–Crippen LogP) is 4.82. The second kappa shape index (κ2) is 11.1. The number of allylic oxidation sites excluding steroid dienone is 4. The van der Waals surface area contributed by atoms with Crippen molar-refractivity contribution in [3.63, 3.8) is 0 Å². The first-order chi connectivity index (χ1) is 13.1. The molecule has 1 fully saturated rings. The zero-order chi connectivity index (χ0) is 19.5. The van der Waals surface area contributed by atoms with Crippen LogP contribution >= 0.6 is 0 Å². The number of nitrogens with one attached hydrogen (secondary N) is 1. The van der Waals surface area contributed by atoms with Gasteiger partial charge in [0.15, 0.2) is 0 Å². The van der Waals surface area contributed by atoms with E-state index in [1.54, 1.807) is 6.08 Å². The Morgan fingerprint density at radius 2 is 2.07 bits per heavy atom. The Hall–Kier alpha value is -2.73. The van der Waals surface area contributed by atoms with E-state index in [1.165, 1.54) is 6.42 Å². The fraction of sp³-hybridized carbons (Fsp3) is 0.375. The molecule has 0 heterocycles. The van der Waals surface area contributed by atoms with Crippen molar-refractivity contribution < 1.29 is 9.53 Å². The zero-order valence-corrected chi connectivity index (χ0v) is 16.3. The van der Waals surface area contributed by atoms with Crippen LogP contribution in [0.25, 0.3) is 0 Å². The van der Waals surface area contributed by atoms with Crippen molar-refractivity contribution in [2.24, 2.45) is 5.92 Å². The molecule has 142 valence electrons. The van der Waals surface area contributed by atoms with Gasteiger partial charge in [0.2, 0.25) is 5.91 Å². The second-order valence-electron chi connectivity index (χ2n) is 6.76. The molecular weight excluding hydrogens is 334 g/mol. The normalized spacial score (nSPS) is 15.8. The Kier molecular flexibility index (Phi) is 8.45. The smallest absolute Gasteiger partial charge is 0.247 e. The molecular formula is C24H29NO2. The summed E-state index contributed by atoms with van der Waals surface area (Å²) < 4.78 is 5.57. The number of carbonyl (C=O) groups excluding carboxylic acids is 1. The third-order valence-corrected chi connectivity index (χ3v) is 4.80. The second-order valence-corrected chi connectivity index (χ2v) is 6.76. The van der Waals surface area contributed by atoms with E-state index in [2.05, 4.69) is 37.6 Å². The van der Waals surface area contributed by atoms with Gasteiger partial charge in [0.1, 0.15) is 12.4 Å². The third kappa shape index (κ3) is 6.83. The van der Waals surface area contributed by atoms with Gasteiger partial charge in [-0.15, -0.1) is 0 Å². The molecule has 1 aliphatic carbocycles. The Morgan fingerprint density at radius 1 is 1.33 bits per heavy atom. The molecule has 0 aromatic heterocycles. The van der Waals surface area contributed by atoms with E-state index in [4.69, 9.17) is 4.74 Å². The summed E-state index contributed by atoms with van der Waals surface area (Å²) in [6.07, 6.45) is 9.73. The van der Waals surface area contributed by atoms with Gasteiger partial charge in [0.05, 0.1) is 0 Å². The Morgan fingerprint density at radius 3 is 2.67 bits per heavy atom. The fourth-order valence-electron chi connectivity index (χ4n) is 2.62. The zero-order valence-electron chi connectivity index (χ0n) is 16.3. The van der Waals surface area contributed by atoms with E-state index in [9.17, 15) is 4.79 Å². The van der Waals surface area contributed by atoms with Crippen molar-refractivity contribution in [2.75, 3.05) is 6.61 Å². The first-order valence-electron chi connectivity index (χ1n) is 9.66. The summed E-state index contributed by atoms with van der Waals surface area (Å²) in [5.74, 6) is 7.06. The minimum atomic E-state index is 0.0362. The lowest BCUT2D eigenvalue weighted by molar-refractivity contribution is -0.119. The Bertz CT molecular complexity index is 746. The van der Waals surface area contributed by atoms with E-state index >= 15 is 0 Å². The van der Waals surface area contributed by atoms with Crippen LogP contribution in [0.3, 0.4) is 0 Å². The number of amides is 1. The highest BCUT2D eigenvalue weighted by atomic mass is 16.5. The summed E-state index contributed by atoms with van der Waals surface area (Å²) in [6, 6.07) is 9.92. The Labute approximate surface area is 163 Å². The summed E-state index contributed by atoms with van der Waals surface area (Å²) in [6.45, 7) is 8.29. The molecule has 1 atom stereocenters. The molecule has 3 heteroatoms. The quantitative estimate of drug-likeness (QED) is 0.408. The lowest BCUT2D eigenvalue weighted by Gasteiger charge is -2.27. The molecule has 0 saturated heterocycles. The van der Waals surface area contributed by atoms with Gasteiger partial charge < -0.3 is 10.1 Å². The van der Waals surface area contributed by atoms with E-state index in [1.807, 2.05) is 42.5 Å². The molecule has 1 aromatic carbocycles. The predicted molar refractivity (Wildman–Crippen MR) is 111 cm³/mol. The molecule has 1 N–H and O–H groups in total. The average molecular weight is 364 g/mol. The van der Waals surface area contributed by atoms with Crippen LogP contribution < -0.4 is 10.1 Å². The number of carbonyl (C=O) groups is 1. The van der Waals surface area contributed by atoms with Gasteiger partial charge in [-0.2, -0.15) is 0 Å². The molecule has 1 aromatic rings. The monoisotopic (exact) mass is 363 g/mol. The van der Waals surface area contributed by atoms with Crippen LogP contribution in [-0.4, -0.2) is 18.6 Å². The highest BCUT2D eigenvalue weighted by Crippen LogP contribution is 2.21. The molecule has 3 nitrogen and oxygen atoms in total. The van der Waals surface area contributed by atoms with Gasteiger partial charge in [0.25, 0.3) is 0 Å². The Balaban J connectivity index is 2.02. The highest BCUT2D eigenvalue weighted by Gasteiger charge is 2.22. The molecule has 0 radical (unpaired) electrons.